The van der Waals surface area contributed by atoms with Crippen molar-refractivity contribution >= 4 is 27.5 Å². The van der Waals surface area contributed by atoms with Crippen LogP contribution in [-0.2, 0) is 13.0 Å². The van der Waals surface area contributed by atoms with Crippen LogP contribution in [0.3, 0.4) is 0 Å². The normalized spacial score (nSPS) is 18.4. The van der Waals surface area contributed by atoms with E-state index in [2.05, 4.69) is 55.2 Å². The largest absolute Gasteiger partial charge is 0.337 e. The lowest BCUT2D eigenvalue weighted by Gasteiger charge is -2.40. The Morgan fingerprint density at radius 2 is 1.89 bits per heavy atom. The highest BCUT2D eigenvalue weighted by Crippen LogP contribution is 2.25. The highest BCUT2D eigenvalue weighted by atomic mass is 79.9. The van der Waals surface area contributed by atoms with E-state index >= 15 is 0 Å². The van der Waals surface area contributed by atoms with Crippen molar-refractivity contribution in [3.8, 4) is 0 Å². The smallest absolute Gasteiger partial charge is 0.274 e. The zero-order valence-corrected chi connectivity index (χ0v) is 17.2. The van der Waals surface area contributed by atoms with Gasteiger partial charge >= 0.3 is 0 Å². The molecule has 2 aromatic heterocycles. The molecule has 0 radical (unpaired) electrons. The second-order valence-corrected chi connectivity index (χ2v) is 8.53. The van der Waals surface area contributed by atoms with Crippen LogP contribution in [0.2, 0.25) is 0 Å². The Morgan fingerprint density at radius 1 is 1.11 bits per heavy atom. The summed E-state index contributed by atoms with van der Waals surface area (Å²) in [5, 5.41) is 4.41. The third-order valence-corrected chi connectivity index (χ3v) is 6.34. The molecule has 0 saturated carbocycles. The van der Waals surface area contributed by atoms with Crippen LogP contribution in [0.5, 0.6) is 0 Å². The summed E-state index contributed by atoms with van der Waals surface area (Å²) in [6.45, 7) is 3.71. The van der Waals surface area contributed by atoms with Crippen molar-refractivity contribution < 1.29 is 4.79 Å². The fourth-order valence-electron chi connectivity index (χ4n) is 4.38. The number of hydrogen-bond donors (Lipinski definition) is 0. The van der Waals surface area contributed by atoms with Gasteiger partial charge in [-0.1, -0.05) is 24.3 Å². The number of carbonyl (C=O) groups is 1. The first kappa shape index (κ1) is 17.8. The summed E-state index contributed by atoms with van der Waals surface area (Å²) < 4.78 is 2.49. The van der Waals surface area contributed by atoms with Crippen LogP contribution in [0.4, 0.5) is 0 Å². The van der Waals surface area contributed by atoms with Gasteiger partial charge in [-0.15, -0.1) is 0 Å². The summed E-state index contributed by atoms with van der Waals surface area (Å²) in [6.07, 6.45) is 6.70. The molecule has 1 aromatic carbocycles. The quantitative estimate of drug-likeness (QED) is 0.615. The van der Waals surface area contributed by atoms with E-state index in [1.807, 2.05) is 11.1 Å². The fraction of sp³-hybridized carbons (Fsp3) is 0.381. The minimum atomic E-state index is 0.00376. The van der Waals surface area contributed by atoms with Gasteiger partial charge in [0.1, 0.15) is 0 Å². The molecule has 0 N–H and O–H groups in total. The third kappa shape index (κ3) is 3.33. The van der Waals surface area contributed by atoms with Crippen LogP contribution in [-0.4, -0.2) is 56.0 Å². The molecular weight excluding hydrogens is 418 g/mol. The average molecular weight is 440 g/mol. The van der Waals surface area contributed by atoms with Crippen molar-refractivity contribution in [3.63, 3.8) is 0 Å². The Hall–Kier alpha value is -2.25. The second kappa shape index (κ2) is 7.29. The van der Waals surface area contributed by atoms with E-state index in [0.717, 1.165) is 49.9 Å². The highest BCUT2D eigenvalue weighted by molar-refractivity contribution is 9.10. The van der Waals surface area contributed by atoms with Crippen LogP contribution in [0.15, 0.2) is 47.2 Å². The molecule has 0 aliphatic carbocycles. The molecule has 2 aliphatic rings. The minimum absolute atomic E-state index is 0.00376. The van der Waals surface area contributed by atoms with E-state index in [1.54, 1.807) is 16.8 Å². The van der Waals surface area contributed by atoms with Crippen LogP contribution in [0.1, 0.15) is 34.5 Å². The van der Waals surface area contributed by atoms with Crippen molar-refractivity contribution in [3.05, 3.63) is 64.0 Å². The van der Waals surface area contributed by atoms with Crippen LogP contribution >= 0.6 is 15.9 Å². The minimum Gasteiger partial charge on any atom is -0.337 e. The summed E-state index contributed by atoms with van der Waals surface area (Å²) >= 11 is 3.39. The number of aromatic nitrogens is 3. The number of nitrogens with zero attached hydrogens (tertiary/aromatic N) is 5. The first-order valence-corrected chi connectivity index (χ1v) is 10.6. The van der Waals surface area contributed by atoms with Crippen molar-refractivity contribution in [1.29, 1.82) is 0 Å². The number of benzene rings is 1. The molecule has 6 nitrogen and oxygen atoms in total. The van der Waals surface area contributed by atoms with Crippen LogP contribution in [0, 0.1) is 0 Å². The first-order valence-electron chi connectivity index (χ1n) is 9.78. The SMILES string of the molecule is O=C(c1cc2ncc(Br)cn2n1)N1CCC(N2CCc3ccccc3C2)CC1. The third-order valence-electron chi connectivity index (χ3n) is 5.93. The number of fused-ring (bicyclic) bond motifs is 2. The zero-order chi connectivity index (χ0) is 19.1. The highest BCUT2D eigenvalue weighted by Gasteiger charge is 2.30. The molecule has 1 fully saturated rings. The number of halogens is 1. The van der Waals surface area contributed by atoms with E-state index in [-0.39, 0.29) is 5.91 Å². The van der Waals surface area contributed by atoms with Gasteiger partial charge in [0.15, 0.2) is 11.3 Å². The van der Waals surface area contributed by atoms with Gasteiger partial charge in [-0.25, -0.2) is 9.50 Å². The fourth-order valence-corrected chi connectivity index (χ4v) is 4.68. The maximum atomic E-state index is 12.9. The van der Waals surface area contributed by atoms with Gasteiger partial charge in [-0.2, -0.15) is 5.10 Å². The summed E-state index contributed by atoms with van der Waals surface area (Å²) in [6, 6.07) is 11.1. The second-order valence-electron chi connectivity index (χ2n) is 7.62. The Balaban J connectivity index is 1.23. The topological polar surface area (TPSA) is 53.7 Å². The molecule has 3 aromatic rings. The van der Waals surface area contributed by atoms with E-state index in [0.29, 0.717) is 17.4 Å². The van der Waals surface area contributed by atoms with Crippen molar-refractivity contribution in [2.45, 2.75) is 31.8 Å². The van der Waals surface area contributed by atoms with Gasteiger partial charge in [0.05, 0.1) is 4.47 Å². The molecule has 2 aliphatic heterocycles. The Labute approximate surface area is 172 Å². The standard InChI is InChI=1S/C21H22BrN5O/c22-17-12-23-20-11-19(24-27(20)14-17)21(28)25-9-6-18(7-10-25)26-8-5-15-3-1-2-4-16(15)13-26/h1-4,11-12,14,18H,5-10,13H2. The van der Waals surface area contributed by atoms with E-state index in [1.165, 1.54) is 11.1 Å². The maximum absolute atomic E-state index is 12.9. The van der Waals surface area contributed by atoms with E-state index in [9.17, 15) is 4.79 Å². The zero-order valence-electron chi connectivity index (χ0n) is 15.6. The van der Waals surface area contributed by atoms with Crippen LogP contribution in [0.25, 0.3) is 5.65 Å². The monoisotopic (exact) mass is 439 g/mol. The lowest BCUT2D eigenvalue weighted by molar-refractivity contribution is 0.0594. The lowest BCUT2D eigenvalue weighted by atomic mass is 9.95. The first-order chi connectivity index (χ1) is 13.7. The number of hydrogen-bond acceptors (Lipinski definition) is 4. The molecule has 0 unspecified atom stereocenters. The van der Waals surface area contributed by atoms with Crippen molar-refractivity contribution in [1.82, 2.24) is 24.4 Å². The molecule has 0 bridgehead atoms. The number of amides is 1. The van der Waals surface area contributed by atoms with Gasteiger partial charge in [-0.3, -0.25) is 9.69 Å². The van der Waals surface area contributed by atoms with Gasteiger partial charge in [0.25, 0.3) is 5.91 Å². The molecule has 5 rings (SSSR count). The number of carbonyl (C=O) groups excluding carboxylic acids is 1. The average Bonchev–Trinajstić information content (AvgIpc) is 3.16. The molecule has 1 saturated heterocycles. The number of rotatable bonds is 2. The molecule has 0 atom stereocenters. The summed E-state index contributed by atoms with van der Waals surface area (Å²) in [4.78, 5) is 21.7. The van der Waals surface area contributed by atoms with Gasteiger partial charge in [0.2, 0.25) is 0 Å². The number of likely N-dealkylation sites (tertiary alicyclic amines) is 1. The van der Waals surface area contributed by atoms with Crippen molar-refractivity contribution in [2.24, 2.45) is 0 Å². The predicted molar refractivity (Wildman–Crippen MR) is 110 cm³/mol. The van der Waals surface area contributed by atoms with Crippen molar-refractivity contribution in [2.75, 3.05) is 19.6 Å². The van der Waals surface area contributed by atoms with Gasteiger partial charge < -0.3 is 4.90 Å². The molecule has 0 spiro atoms. The van der Waals surface area contributed by atoms with E-state index in [4.69, 9.17) is 0 Å². The number of piperidine rings is 1. The molecular formula is C21H22BrN5O. The molecule has 1 amide bonds. The van der Waals surface area contributed by atoms with E-state index < -0.39 is 0 Å². The summed E-state index contributed by atoms with van der Waals surface area (Å²) in [5.74, 6) is 0.00376. The predicted octanol–water partition coefficient (Wildman–Crippen LogP) is 3.15. The maximum Gasteiger partial charge on any atom is 0.274 e. The molecule has 4 heterocycles. The molecule has 7 heteroatoms. The Kier molecular flexibility index (Phi) is 4.64. The van der Waals surface area contributed by atoms with Gasteiger partial charge in [-0.05, 0) is 46.3 Å². The Bertz CT molecular complexity index is 1020. The summed E-state index contributed by atoms with van der Waals surface area (Å²) in [5.41, 5.74) is 4.10. The van der Waals surface area contributed by atoms with Gasteiger partial charge in [0, 0.05) is 50.7 Å². The summed E-state index contributed by atoms with van der Waals surface area (Å²) in [7, 11) is 0. The lowest BCUT2D eigenvalue weighted by Crippen LogP contribution is -2.48. The van der Waals surface area contributed by atoms with Crippen LogP contribution < -0.4 is 0 Å². The molecule has 28 heavy (non-hydrogen) atoms. The molecule has 144 valence electrons. The Morgan fingerprint density at radius 3 is 2.71 bits per heavy atom.